The van der Waals surface area contributed by atoms with E-state index in [1.165, 1.54) is 0 Å². The Labute approximate surface area is 75.1 Å². The smallest absolute Gasteiger partial charge is 0.217 e. The fourth-order valence-corrected chi connectivity index (χ4v) is 1.08. The van der Waals surface area contributed by atoms with E-state index in [1.54, 1.807) is 6.92 Å². The van der Waals surface area contributed by atoms with Gasteiger partial charge >= 0.3 is 0 Å². The van der Waals surface area contributed by atoms with Crippen LogP contribution < -0.4 is 5.32 Å². The van der Waals surface area contributed by atoms with Crippen LogP contribution in [0.4, 0.5) is 0 Å². The minimum absolute atomic E-state index is 0.0700. The van der Waals surface area contributed by atoms with Crippen LogP contribution in [-0.2, 0) is 4.79 Å². The maximum absolute atomic E-state index is 10.7. The third kappa shape index (κ3) is 6.16. The predicted molar refractivity (Wildman–Crippen MR) is 51.1 cm³/mol. The highest BCUT2D eigenvalue weighted by molar-refractivity contribution is 5.73. The summed E-state index contributed by atoms with van der Waals surface area (Å²) in [6.45, 7) is 4.69. The van der Waals surface area contributed by atoms with Gasteiger partial charge in [-0.25, -0.2) is 0 Å². The molecule has 0 unspecified atom stereocenters. The molecule has 0 aliphatic carbocycles. The van der Waals surface area contributed by atoms with Crippen molar-refractivity contribution in [3.05, 3.63) is 0 Å². The molecule has 0 saturated carbocycles. The lowest BCUT2D eigenvalue weighted by atomic mass is 10.1. The van der Waals surface area contributed by atoms with Crippen LogP contribution in [0.1, 0.15) is 26.7 Å². The van der Waals surface area contributed by atoms with Crippen molar-refractivity contribution < 1.29 is 4.79 Å². The highest BCUT2D eigenvalue weighted by atomic mass is 16.1. The molecule has 0 heterocycles. The summed E-state index contributed by atoms with van der Waals surface area (Å²) in [7, 11) is 4.08. The van der Waals surface area contributed by atoms with E-state index >= 15 is 0 Å². The Kier molecular flexibility index (Phi) is 5.72. The molecule has 72 valence electrons. The Morgan fingerprint density at radius 2 is 2.08 bits per heavy atom. The largest absolute Gasteiger partial charge is 0.354 e. The second-order valence-electron chi connectivity index (χ2n) is 3.40. The van der Waals surface area contributed by atoms with Crippen molar-refractivity contribution in [2.24, 2.45) is 0 Å². The first kappa shape index (κ1) is 11.4. The van der Waals surface area contributed by atoms with E-state index < -0.39 is 0 Å². The van der Waals surface area contributed by atoms with Crippen LogP contribution in [0.2, 0.25) is 0 Å². The number of nitrogens with zero attached hydrogens (tertiary/aromatic N) is 1. The molecule has 3 heteroatoms. The first-order valence-electron chi connectivity index (χ1n) is 4.48. The zero-order valence-electron chi connectivity index (χ0n) is 8.55. The molecule has 0 rings (SSSR count). The average Bonchev–Trinajstić information content (AvgIpc) is 1.97. The van der Waals surface area contributed by atoms with Crippen LogP contribution in [0, 0.1) is 0 Å². The van der Waals surface area contributed by atoms with Crippen LogP contribution in [0.3, 0.4) is 0 Å². The lowest BCUT2D eigenvalue weighted by molar-refractivity contribution is -0.119. The molecule has 0 aliphatic rings. The monoisotopic (exact) mass is 172 g/mol. The van der Waals surface area contributed by atoms with Crippen LogP contribution in [-0.4, -0.2) is 37.5 Å². The van der Waals surface area contributed by atoms with Gasteiger partial charge in [0.1, 0.15) is 0 Å². The lowest BCUT2D eigenvalue weighted by Gasteiger charge is -2.18. The van der Waals surface area contributed by atoms with Gasteiger partial charge in [0, 0.05) is 13.0 Å². The number of nitrogens with one attached hydrogen (secondary N) is 1. The van der Waals surface area contributed by atoms with Crippen LogP contribution >= 0.6 is 0 Å². The van der Waals surface area contributed by atoms with Crippen molar-refractivity contribution >= 4 is 5.91 Å². The van der Waals surface area contributed by atoms with Gasteiger partial charge in [0.15, 0.2) is 0 Å². The Balaban J connectivity index is 3.60. The highest BCUT2D eigenvalue weighted by Crippen LogP contribution is 1.97. The SMILES string of the molecule is CC[C@@H](CCN(C)C)NC(C)=O. The minimum atomic E-state index is 0.0700. The molecule has 0 aromatic heterocycles. The standard InChI is InChI=1S/C9H20N2O/c1-5-9(10-8(2)12)6-7-11(3)4/h9H,5-7H2,1-4H3,(H,10,12)/t9-/m0/s1. The van der Waals surface area contributed by atoms with Crippen molar-refractivity contribution in [2.45, 2.75) is 32.7 Å². The van der Waals surface area contributed by atoms with Crippen molar-refractivity contribution in [3.63, 3.8) is 0 Å². The third-order valence-electron chi connectivity index (χ3n) is 1.82. The highest BCUT2D eigenvalue weighted by Gasteiger charge is 2.06. The van der Waals surface area contributed by atoms with Crippen LogP contribution in [0.15, 0.2) is 0 Å². The fourth-order valence-electron chi connectivity index (χ4n) is 1.08. The summed E-state index contributed by atoms with van der Waals surface area (Å²) in [5.41, 5.74) is 0. The number of hydrogen-bond donors (Lipinski definition) is 1. The summed E-state index contributed by atoms with van der Waals surface area (Å²) in [6, 6.07) is 0.338. The molecular weight excluding hydrogens is 152 g/mol. The van der Waals surface area contributed by atoms with E-state index in [2.05, 4.69) is 17.1 Å². The number of rotatable bonds is 5. The Bertz CT molecular complexity index is 134. The van der Waals surface area contributed by atoms with E-state index in [4.69, 9.17) is 0 Å². The zero-order valence-corrected chi connectivity index (χ0v) is 8.55. The van der Waals surface area contributed by atoms with Gasteiger partial charge in [-0.3, -0.25) is 4.79 Å². The average molecular weight is 172 g/mol. The van der Waals surface area contributed by atoms with E-state index in [-0.39, 0.29) is 5.91 Å². The minimum Gasteiger partial charge on any atom is -0.354 e. The van der Waals surface area contributed by atoms with Gasteiger partial charge in [-0.05, 0) is 33.5 Å². The van der Waals surface area contributed by atoms with Gasteiger partial charge in [0.25, 0.3) is 0 Å². The van der Waals surface area contributed by atoms with Gasteiger partial charge in [-0.1, -0.05) is 6.92 Å². The summed E-state index contributed by atoms with van der Waals surface area (Å²) in [5, 5.41) is 2.92. The Morgan fingerprint density at radius 1 is 1.50 bits per heavy atom. The molecule has 0 bridgehead atoms. The molecule has 0 radical (unpaired) electrons. The molecule has 1 N–H and O–H groups in total. The van der Waals surface area contributed by atoms with Gasteiger partial charge in [0.2, 0.25) is 5.91 Å². The lowest BCUT2D eigenvalue weighted by Crippen LogP contribution is -2.34. The summed E-state index contributed by atoms with van der Waals surface area (Å²) in [6.07, 6.45) is 2.04. The van der Waals surface area contributed by atoms with Crippen LogP contribution in [0.25, 0.3) is 0 Å². The molecule has 1 atom stereocenters. The first-order chi connectivity index (χ1) is 5.56. The van der Waals surface area contributed by atoms with E-state index in [0.717, 1.165) is 19.4 Å². The molecule has 3 nitrogen and oxygen atoms in total. The Morgan fingerprint density at radius 3 is 2.42 bits per heavy atom. The Hall–Kier alpha value is -0.570. The summed E-state index contributed by atoms with van der Waals surface area (Å²) >= 11 is 0. The second-order valence-corrected chi connectivity index (χ2v) is 3.40. The quantitative estimate of drug-likeness (QED) is 0.667. The van der Waals surface area contributed by atoms with Gasteiger partial charge in [0.05, 0.1) is 0 Å². The molecular formula is C9H20N2O. The normalized spacial score (nSPS) is 13.1. The van der Waals surface area contributed by atoms with Crippen molar-refractivity contribution in [1.29, 1.82) is 0 Å². The molecule has 0 aliphatic heterocycles. The summed E-state index contributed by atoms with van der Waals surface area (Å²) in [5.74, 6) is 0.0700. The van der Waals surface area contributed by atoms with Crippen molar-refractivity contribution in [2.75, 3.05) is 20.6 Å². The molecule has 0 saturated heterocycles. The number of carbonyl (C=O) groups excluding carboxylic acids is 1. The second kappa shape index (κ2) is 6.00. The van der Waals surface area contributed by atoms with E-state index in [1.807, 2.05) is 14.1 Å². The molecule has 0 spiro atoms. The first-order valence-corrected chi connectivity index (χ1v) is 4.48. The molecule has 12 heavy (non-hydrogen) atoms. The number of carbonyl (C=O) groups is 1. The summed E-state index contributed by atoms with van der Waals surface area (Å²) < 4.78 is 0. The van der Waals surface area contributed by atoms with Crippen molar-refractivity contribution in [1.82, 2.24) is 10.2 Å². The van der Waals surface area contributed by atoms with E-state index in [9.17, 15) is 4.79 Å². The molecule has 0 fully saturated rings. The molecule has 0 aromatic rings. The topological polar surface area (TPSA) is 32.3 Å². The molecule has 0 aromatic carbocycles. The van der Waals surface area contributed by atoms with Gasteiger partial charge in [-0.15, -0.1) is 0 Å². The third-order valence-corrected chi connectivity index (χ3v) is 1.82. The number of hydrogen-bond acceptors (Lipinski definition) is 2. The van der Waals surface area contributed by atoms with Gasteiger partial charge < -0.3 is 10.2 Å². The van der Waals surface area contributed by atoms with Crippen LogP contribution in [0.5, 0.6) is 0 Å². The fraction of sp³-hybridized carbons (Fsp3) is 0.889. The zero-order chi connectivity index (χ0) is 9.56. The van der Waals surface area contributed by atoms with Crippen molar-refractivity contribution in [3.8, 4) is 0 Å². The number of amides is 1. The van der Waals surface area contributed by atoms with E-state index in [0.29, 0.717) is 6.04 Å². The maximum Gasteiger partial charge on any atom is 0.217 e. The molecule has 1 amide bonds. The predicted octanol–water partition coefficient (Wildman–Crippen LogP) is 0.853. The summed E-state index contributed by atoms with van der Waals surface area (Å²) in [4.78, 5) is 12.9. The van der Waals surface area contributed by atoms with Gasteiger partial charge in [-0.2, -0.15) is 0 Å². The maximum atomic E-state index is 10.7.